The highest BCUT2D eigenvalue weighted by molar-refractivity contribution is 7.20. The van der Waals surface area contributed by atoms with Crippen molar-refractivity contribution in [1.29, 1.82) is 0 Å². The predicted octanol–water partition coefficient (Wildman–Crippen LogP) is 0.515. The van der Waals surface area contributed by atoms with E-state index in [1.165, 1.54) is 34.6 Å². The van der Waals surface area contributed by atoms with Gasteiger partial charge in [-0.15, -0.1) is 14.8 Å². The Bertz CT molecular complexity index is 1420. The summed E-state index contributed by atoms with van der Waals surface area (Å²) in [4.78, 5) is 13.8. The third-order valence-corrected chi connectivity index (χ3v) is 5.95. The summed E-state index contributed by atoms with van der Waals surface area (Å²) in [6, 6.07) is 27.0. The summed E-state index contributed by atoms with van der Waals surface area (Å²) in [5, 5.41) is 4.60. The molecule has 5 aromatic rings. The third-order valence-electron chi connectivity index (χ3n) is 4.83. The van der Waals surface area contributed by atoms with E-state index in [1.54, 1.807) is 0 Å². The SMILES string of the molecule is COC(=O)c1cc2cc3c4ccccc4ccc3[n+](-c3ccccc3)c2s1.[O-][Cl+3]([O-])([O-])[O-]. The highest BCUT2D eigenvalue weighted by Crippen LogP contribution is 2.31. The molecule has 0 amide bonds. The molecule has 3 aromatic carbocycles. The number of halogens is 1. The minimum atomic E-state index is -4.94. The number of benzene rings is 3. The van der Waals surface area contributed by atoms with Crippen LogP contribution in [0.1, 0.15) is 9.67 Å². The second-order valence-corrected chi connectivity index (χ2v) is 8.56. The minimum absolute atomic E-state index is 0.301. The van der Waals surface area contributed by atoms with E-state index >= 15 is 0 Å². The second-order valence-electron chi connectivity index (χ2n) is 6.78. The molecule has 0 saturated heterocycles. The van der Waals surface area contributed by atoms with E-state index in [4.69, 9.17) is 23.4 Å². The summed E-state index contributed by atoms with van der Waals surface area (Å²) < 4.78 is 41.1. The molecule has 0 atom stereocenters. The van der Waals surface area contributed by atoms with E-state index < -0.39 is 10.2 Å². The van der Waals surface area contributed by atoms with Gasteiger partial charge in [-0.3, -0.25) is 0 Å². The normalized spacial score (nSPS) is 11.4. The van der Waals surface area contributed by atoms with Crippen molar-refractivity contribution in [2.45, 2.75) is 0 Å². The van der Waals surface area contributed by atoms with Crippen LogP contribution in [-0.2, 0) is 4.74 Å². The zero-order chi connectivity index (χ0) is 22.9. The molecule has 0 aliphatic carbocycles. The number of nitrogens with zero attached hydrogens (tertiary/aromatic N) is 1. The predicted molar refractivity (Wildman–Crippen MR) is 110 cm³/mol. The number of esters is 1. The van der Waals surface area contributed by atoms with Gasteiger partial charge in [-0.05, 0) is 29.0 Å². The number of carbonyl (C=O) groups is 1. The number of pyridine rings is 1. The number of hydrogen-bond acceptors (Lipinski definition) is 7. The van der Waals surface area contributed by atoms with Crippen molar-refractivity contribution in [3.8, 4) is 5.69 Å². The number of thiophene rings is 1. The van der Waals surface area contributed by atoms with E-state index in [0.717, 1.165) is 21.4 Å². The first-order chi connectivity index (χ1) is 15.3. The Labute approximate surface area is 188 Å². The summed E-state index contributed by atoms with van der Waals surface area (Å²) in [7, 11) is -3.53. The first kappa shape index (κ1) is 22.1. The molecule has 32 heavy (non-hydrogen) atoms. The van der Waals surface area contributed by atoms with Crippen LogP contribution in [0.2, 0.25) is 0 Å². The van der Waals surface area contributed by atoms with E-state index in [-0.39, 0.29) is 5.97 Å². The number of fused-ring (bicyclic) bond motifs is 4. The molecule has 0 bridgehead atoms. The summed E-state index contributed by atoms with van der Waals surface area (Å²) in [5.41, 5.74) is 2.19. The van der Waals surface area contributed by atoms with Gasteiger partial charge in [-0.25, -0.2) is 23.4 Å². The lowest BCUT2D eigenvalue weighted by Crippen LogP contribution is -2.68. The molecule has 0 aliphatic heterocycles. The molecule has 5 rings (SSSR count). The van der Waals surface area contributed by atoms with Gasteiger partial charge in [0.2, 0.25) is 11.2 Å². The van der Waals surface area contributed by atoms with E-state index in [9.17, 15) is 4.79 Å². The maximum atomic E-state index is 12.1. The van der Waals surface area contributed by atoms with Gasteiger partial charge in [0, 0.05) is 18.2 Å². The van der Waals surface area contributed by atoms with Crippen molar-refractivity contribution in [2.24, 2.45) is 0 Å². The van der Waals surface area contributed by atoms with E-state index in [0.29, 0.717) is 4.88 Å². The standard InChI is InChI=1S/C23H16NO2S.ClHO4/c1-26-23(25)21-14-16-13-19-18-10-6-5-7-15(18)11-12-20(19)24(22(16)27-21)17-8-3-2-4-9-17;2-1(3,4)5/h2-14H,1H3;(H,2,3,4,5)/q+1;/p-1. The quantitative estimate of drug-likeness (QED) is 0.211. The average molecular weight is 470 g/mol. The molecule has 0 aliphatic rings. The Morgan fingerprint density at radius 1 is 0.844 bits per heavy atom. The summed E-state index contributed by atoms with van der Waals surface area (Å²) >= 11 is 1.46. The molecule has 2 aromatic heterocycles. The molecule has 0 radical (unpaired) electrons. The summed E-state index contributed by atoms with van der Waals surface area (Å²) in [6.07, 6.45) is 0. The topological polar surface area (TPSA) is 122 Å². The number of methoxy groups -OCH3 is 1. The first-order valence-corrected chi connectivity index (χ1v) is 11.4. The molecule has 0 saturated carbocycles. The summed E-state index contributed by atoms with van der Waals surface area (Å²) in [5.74, 6) is -0.301. The second kappa shape index (κ2) is 8.79. The largest absolute Gasteiger partial charge is 0.465 e. The zero-order valence-corrected chi connectivity index (χ0v) is 18.3. The smallest absolute Gasteiger partial charge is 0.348 e. The fourth-order valence-corrected chi connectivity index (χ4v) is 4.70. The lowest BCUT2D eigenvalue weighted by atomic mass is 10.0. The van der Waals surface area contributed by atoms with Crippen LogP contribution in [0.15, 0.2) is 78.9 Å². The molecule has 2 heterocycles. The number of rotatable bonds is 2. The molecule has 9 heteroatoms. The van der Waals surface area contributed by atoms with Crippen LogP contribution < -0.4 is 23.2 Å². The fraction of sp³-hybridized carbons (Fsp3) is 0.0435. The maximum absolute atomic E-state index is 12.1. The van der Waals surface area contributed by atoms with Gasteiger partial charge in [-0.2, -0.15) is 0 Å². The zero-order valence-electron chi connectivity index (χ0n) is 16.7. The molecular formula is C23H16ClNO6S. The Kier molecular flexibility index (Phi) is 6.07. The van der Waals surface area contributed by atoms with Gasteiger partial charge in [0.05, 0.1) is 17.9 Å². The molecule has 0 fully saturated rings. The molecule has 0 spiro atoms. The Balaban J connectivity index is 0.000000444. The van der Waals surface area contributed by atoms with Gasteiger partial charge >= 0.3 is 5.97 Å². The fourth-order valence-electron chi connectivity index (χ4n) is 3.60. The molecule has 162 valence electrons. The van der Waals surface area contributed by atoms with E-state index in [2.05, 4.69) is 59.2 Å². The number of hydrogen-bond donors (Lipinski definition) is 0. The number of aromatic nitrogens is 1. The summed E-state index contributed by atoms with van der Waals surface area (Å²) in [6.45, 7) is 0. The number of para-hydroxylation sites is 1. The van der Waals surface area contributed by atoms with Gasteiger partial charge in [0.1, 0.15) is 4.88 Å². The Morgan fingerprint density at radius 3 is 2.19 bits per heavy atom. The molecular weight excluding hydrogens is 454 g/mol. The number of carbonyl (C=O) groups excluding carboxylic acids is 1. The minimum Gasteiger partial charge on any atom is -0.465 e. The highest BCUT2D eigenvalue weighted by atomic mass is 35.7. The lowest BCUT2D eigenvalue weighted by Gasteiger charge is -2.17. The Hall–Kier alpha value is -3.11. The van der Waals surface area contributed by atoms with Crippen LogP contribution >= 0.6 is 11.3 Å². The van der Waals surface area contributed by atoms with Crippen molar-refractivity contribution < 1.29 is 43.0 Å². The van der Waals surface area contributed by atoms with Crippen LogP contribution in [0.5, 0.6) is 0 Å². The van der Waals surface area contributed by atoms with Crippen molar-refractivity contribution in [1.82, 2.24) is 0 Å². The van der Waals surface area contributed by atoms with Gasteiger partial charge in [0.25, 0.3) is 4.83 Å². The molecule has 7 nitrogen and oxygen atoms in total. The van der Waals surface area contributed by atoms with Crippen molar-refractivity contribution in [2.75, 3.05) is 7.11 Å². The van der Waals surface area contributed by atoms with Crippen molar-refractivity contribution in [3.05, 3.63) is 83.7 Å². The van der Waals surface area contributed by atoms with Crippen LogP contribution in [0, 0.1) is 10.2 Å². The monoisotopic (exact) mass is 469 g/mol. The number of ether oxygens (including phenoxy) is 1. The maximum Gasteiger partial charge on any atom is 0.348 e. The lowest BCUT2D eigenvalue weighted by molar-refractivity contribution is -2.00. The highest BCUT2D eigenvalue weighted by Gasteiger charge is 2.23. The van der Waals surface area contributed by atoms with Gasteiger partial charge in [-0.1, -0.05) is 53.8 Å². The van der Waals surface area contributed by atoms with Gasteiger partial charge < -0.3 is 4.74 Å². The van der Waals surface area contributed by atoms with Crippen LogP contribution in [0.3, 0.4) is 0 Å². The third kappa shape index (κ3) is 4.56. The van der Waals surface area contributed by atoms with E-state index in [1.807, 2.05) is 24.3 Å². The average Bonchev–Trinajstić information content (AvgIpc) is 3.20. The molecule has 0 unspecified atom stereocenters. The van der Waals surface area contributed by atoms with Crippen LogP contribution in [0.4, 0.5) is 0 Å². The van der Waals surface area contributed by atoms with Gasteiger partial charge in [0.15, 0.2) is 0 Å². The molecule has 0 N–H and O–H groups in total. The van der Waals surface area contributed by atoms with Crippen LogP contribution in [-0.4, -0.2) is 13.1 Å². The first-order valence-electron chi connectivity index (χ1n) is 9.32. The van der Waals surface area contributed by atoms with Crippen LogP contribution in [0.25, 0.3) is 37.6 Å². The Morgan fingerprint density at radius 2 is 1.50 bits per heavy atom. The van der Waals surface area contributed by atoms with Crippen molar-refractivity contribution >= 4 is 49.2 Å². The van der Waals surface area contributed by atoms with Crippen molar-refractivity contribution in [3.63, 3.8) is 0 Å².